The number of halogens is 1. The number of nitrogens with one attached hydrogen (secondary N) is 1. The van der Waals surface area contributed by atoms with Crippen molar-refractivity contribution >= 4 is 17.7 Å². The monoisotopic (exact) mass is 435 g/mol. The van der Waals surface area contributed by atoms with E-state index in [1.807, 2.05) is 34.9 Å². The van der Waals surface area contributed by atoms with Crippen molar-refractivity contribution in [1.82, 2.24) is 20.1 Å². The third kappa shape index (κ3) is 4.78. The Kier molecular flexibility index (Phi) is 6.33. The fraction of sp³-hybridized carbons (Fsp3) is 0.304. The van der Waals surface area contributed by atoms with Crippen LogP contribution in [0.1, 0.15) is 32.1 Å². The van der Waals surface area contributed by atoms with E-state index in [1.165, 1.54) is 23.9 Å². The van der Waals surface area contributed by atoms with Crippen LogP contribution >= 0.6 is 11.8 Å². The minimum atomic E-state index is -0.768. The first-order valence-electron chi connectivity index (χ1n) is 10.2. The van der Waals surface area contributed by atoms with Crippen molar-refractivity contribution in [2.75, 3.05) is 5.75 Å². The van der Waals surface area contributed by atoms with E-state index in [9.17, 15) is 14.4 Å². The van der Waals surface area contributed by atoms with Crippen LogP contribution in [0.5, 0.6) is 0 Å². The van der Waals surface area contributed by atoms with Crippen LogP contribution in [0.2, 0.25) is 0 Å². The van der Waals surface area contributed by atoms with Crippen molar-refractivity contribution in [2.45, 2.75) is 42.8 Å². The van der Waals surface area contributed by atoms with Gasteiger partial charge in [-0.25, -0.2) is 4.39 Å². The average Bonchev–Trinajstić information content (AvgIpc) is 3.23. The van der Waals surface area contributed by atoms with Crippen molar-refractivity contribution < 1.29 is 9.18 Å². The molecule has 1 aliphatic rings. The molecule has 2 aromatic carbocycles. The molecule has 6 nitrogen and oxygen atoms in total. The summed E-state index contributed by atoms with van der Waals surface area (Å²) in [4.78, 5) is 12.6. The van der Waals surface area contributed by atoms with E-state index in [-0.39, 0.29) is 17.5 Å². The minimum absolute atomic E-state index is 0.109. The molecule has 1 saturated carbocycles. The number of hydrogen-bond acceptors (Lipinski definition) is 5. The molecule has 1 heterocycles. The van der Waals surface area contributed by atoms with Gasteiger partial charge in [-0.15, -0.1) is 10.2 Å². The molecule has 0 saturated heterocycles. The number of nitriles is 1. The van der Waals surface area contributed by atoms with Crippen molar-refractivity contribution in [1.29, 1.82) is 5.26 Å². The number of thioether (sulfide) groups is 1. The summed E-state index contributed by atoms with van der Waals surface area (Å²) < 4.78 is 15.3. The SMILES string of the molecule is N#CC1(NC(=O)CSc2nnc(-c3ccccc3)n2-c2ccc(F)cc2)CCCCC1. The predicted molar refractivity (Wildman–Crippen MR) is 117 cm³/mol. The standard InChI is InChI=1S/C23H22FN5OS/c24-18-9-11-19(12-10-18)29-21(17-7-3-1-4-8-17)27-28-22(29)31-15-20(30)26-23(16-25)13-5-2-6-14-23/h1,3-4,7-12H,2,5-6,13-15H2,(H,26,30). The summed E-state index contributed by atoms with van der Waals surface area (Å²) >= 11 is 1.24. The second kappa shape index (κ2) is 9.31. The van der Waals surface area contributed by atoms with Gasteiger partial charge in [-0.1, -0.05) is 61.4 Å². The van der Waals surface area contributed by atoms with Crippen LogP contribution in [0.15, 0.2) is 59.8 Å². The predicted octanol–water partition coefficient (Wildman–Crippen LogP) is 4.51. The van der Waals surface area contributed by atoms with Gasteiger partial charge in [0.05, 0.1) is 11.8 Å². The van der Waals surface area contributed by atoms with Gasteiger partial charge >= 0.3 is 0 Å². The molecule has 1 amide bonds. The topological polar surface area (TPSA) is 83.6 Å². The Morgan fingerprint density at radius 3 is 2.48 bits per heavy atom. The lowest BCUT2D eigenvalue weighted by Gasteiger charge is -2.31. The zero-order valence-corrected chi connectivity index (χ0v) is 17.7. The summed E-state index contributed by atoms with van der Waals surface area (Å²) in [5, 5.41) is 21.7. The largest absolute Gasteiger partial charge is 0.337 e. The van der Waals surface area contributed by atoms with Gasteiger partial charge in [-0.3, -0.25) is 9.36 Å². The Morgan fingerprint density at radius 1 is 1.10 bits per heavy atom. The van der Waals surface area contributed by atoms with Crippen LogP contribution in [0.3, 0.4) is 0 Å². The summed E-state index contributed by atoms with van der Waals surface area (Å²) in [6.45, 7) is 0. The number of rotatable bonds is 6. The van der Waals surface area contributed by atoms with Crippen LogP contribution in [0.4, 0.5) is 4.39 Å². The molecule has 0 aliphatic heterocycles. The molecule has 0 spiro atoms. The van der Waals surface area contributed by atoms with Gasteiger partial charge in [0.2, 0.25) is 5.91 Å². The molecule has 1 aromatic heterocycles. The van der Waals surface area contributed by atoms with E-state index in [0.29, 0.717) is 29.5 Å². The van der Waals surface area contributed by atoms with E-state index in [1.54, 1.807) is 12.1 Å². The number of aromatic nitrogens is 3. The molecule has 0 bridgehead atoms. The molecule has 8 heteroatoms. The number of carbonyl (C=O) groups is 1. The highest BCUT2D eigenvalue weighted by molar-refractivity contribution is 7.99. The normalized spacial score (nSPS) is 15.2. The zero-order valence-electron chi connectivity index (χ0n) is 16.9. The van der Waals surface area contributed by atoms with Gasteiger partial charge in [0.1, 0.15) is 11.4 Å². The fourth-order valence-electron chi connectivity index (χ4n) is 3.81. The van der Waals surface area contributed by atoms with Gasteiger partial charge in [0, 0.05) is 11.3 Å². The third-order valence-electron chi connectivity index (χ3n) is 5.38. The Balaban J connectivity index is 1.57. The smallest absolute Gasteiger partial charge is 0.231 e. The molecule has 4 rings (SSSR count). The Labute approximate surface area is 184 Å². The van der Waals surface area contributed by atoms with Crippen LogP contribution in [0, 0.1) is 17.1 Å². The van der Waals surface area contributed by atoms with E-state index in [4.69, 9.17) is 0 Å². The van der Waals surface area contributed by atoms with E-state index in [2.05, 4.69) is 21.6 Å². The zero-order chi connectivity index (χ0) is 21.7. The van der Waals surface area contributed by atoms with Crippen molar-refractivity contribution in [3.63, 3.8) is 0 Å². The maximum absolute atomic E-state index is 13.5. The van der Waals surface area contributed by atoms with Gasteiger partial charge in [0.25, 0.3) is 0 Å². The Bertz CT molecular complexity index is 1090. The molecule has 0 atom stereocenters. The highest BCUT2D eigenvalue weighted by Gasteiger charge is 2.33. The highest BCUT2D eigenvalue weighted by atomic mass is 32.2. The quantitative estimate of drug-likeness (QED) is 0.576. The first-order valence-corrected chi connectivity index (χ1v) is 11.2. The lowest BCUT2D eigenvalue weighted by molar-refractivity contribution is -0.120. The van der Waals surface area contributed by atoms with Gasteiger partial charge in [0.15, 0.2) is 11.0 Å². The van der Waals surface area contributed by atoms with E-state index in [0.717, 1.165) is 24.8 Å². The van der Waals surface area contributed by atoms with Crippen molar-refractivity contribution in [3.05, 3.63) is 60.4 Å². The second-order valence-electron chi connectivity index (χ2n) is 7.58. The van der Waals surface area contributed by atoms with Crippen LogP contribution in [-0.2, 0) is 4.79 Å². The Hall–Kier alpha value is -3.18. The summed E-state index contributed by atoms with van der Waals surface area (Å²) in [6.07, 6.45) is 4.35. The summed E-state index contributed by atoms with van der Waals surface area (Å²) in [5.41, 5.74) is 0.797. The molecule has 158 valence electrons. The summed E-state index contributed by atoms with van der Waals surface area (Å²) in [6, 6.07) is 17.9. The molecule has 1 aliphatic carbocycles. The minimum Gasteiger partial charge on any atom is -0.337 e. The number of amides is 1. The maximum atomic E-state index is 13.5. The van der Waals surface area contributed by atoms with Crippen LogP contribution < -0.4 is 5.32 Å². The van der Waals surface area contributed by atoms with Crippen LogP contribution in [-0.4, -0.2) is 32.0 Å². The maximum Gasteiger partial charge on any atom is 0.231 e. The molecule has 1 N–H and O–H groups in total. The lowest BCUT2D eigenvalue weighted by atomic mass is 9.83. The number of carbonyl (C=O) groups excluding carboxylic acids is 1. The number of hydrogen-bond donors (Lipinski definition) is 1. The molecular weight excluding hydrogens is 413 g/mol. The van der Waals surface area contributed by atoms with Gasteiger partial charge in [-0.2, -0.15) is 5.26 Å². The highest BCUT2D eigenvalue weighted by Crippen LogP contribution is 2.30. The first-order chi connectivity index (χ1) is 15.1. The van der Waals surface area contributed by atoms with Gasteiger partial charge in [-0.05, 0) is 37.1 Å². The molecule has 3 aromatic rings. The van der Waals surface area contributed by atoms with Crippen LogP contribution in [0.25, 0.3) is 17.1 Å². The molecule has 31 heavy (non-hydrogen) atoms. The first kappa shape index (κ1) is 21.1. The average molecular weight is 436 g/mol. The van der Waals surface area contributed by atoms with E-state index < -0.39 is 5.54 Å². The van der Waals surface area contributed by atoms with Crippen molar-refractivity contribution in [3.8, 4) is 23.1 Å². The van der Waals surface area contributed by atoms with E-state index >= 15 is 0 Å². The van der Waals surface area contributed by atoms with Gasteiger partial charge < -0.3 is 5.32 Å². The Morgan fingerprint density at radius 2 is 1.81 bits per heavy atom. The molecule has 0 unspecified atom stereocenters. The molecule has 1 fully saturated rings. The number of nitrogens with zero attached hydrogens (tertiary/aromatic N) is 4. The fourth-order valence-corrected chi connectivity index (χ4v) is 4.57. The lowest BCUT2D eigenvalue weighted by Crippen LogP contribution is -2.49. The summed E-state index contributed by atoms with van der Waals surface area (Å²) in [7, 11) is 0. The second-order valence-corrected chi connectivity index (χ2v) is 8.52. The molecule has 0 radical (unpaired) electrons. The molecular formula is C23H22FN5OS. The summed E-state index contributed by atoms with van der Waals surface area (Å²) in [5.74, 6) is 0.178. The number of benzene rings is 2. The third-order valence-corrected chi connectivity index (χ3v) is 6.31. The van der Waals surface area contributed by atoms with Crippen molar-refractivity contribution in [2.24, 2.45) is 0 Å².